The van der Waals surface area contributed by atoms with Crippen LogP contribution in [0.2, 0.25) is 0 Å². The number of rotatable bonds is 6. The summed E-state index contributed by atoms with van der Waals surface area (Å²) in [5.41, 5.74) is 6.14. The number of hydrogen-bond acceptors (Lipinski definition) is 5. The monoisotopic (exact) mass is 483 g/mol. The Morgan fingerprint density at radius 2 is 1.77 bits per heavy atom. The van der Waals surface area contributed by atoms with Crippen molar-refractivity contribution >= 4 is 45.4 Å². The van der Waals surface area contributed by atoms with Gasteiger partial charge in [-0.1, -0.05) is 65.9 Å². The highest BCUT2D eigenvalue weighted by atomic mass is 32.2. The average molecular weight is 484 g/mol. The lowest BCUT2D eigenvalue weighted by Crippen LogP contribution is -2.24. The van der Waals surface area contributed by atoms with E-state index in [1.807, 2.05) is 87.5 Å². The molecule has 35 heavy (non-hydrogen) atoms. The number of carbonyl (C=O) groups is 1. The number of anilines is 1. The van der Waals surface area contributed by atoms with Gasteiger partial charge in [0.1, 0.15) is 11.1 Å². The lowest BCUT2D eigenvalue weighted by atomic mass is 10.1. The van der Waals surface area contributed by atoms with E-state index in [0.717, 1.165) is 33.3 Å². The molecule has 0 spiro atoms. The highest BCUT2D eigenvalue weighted by molar-refractivity contribution is 7.99. The van der Waals surface area contributed by atoms with Gasteiger partial charge in [0, 0.05) is 11.1 Å². The molecular formula is C28H25N3O3S. The maximum atomic E-state index is 13.5. The smallest absolute Gasteiger partial charge is 0.298 e. The second-order valence-electron chi connectivity index (χ2n) is 8.63. The molecule has 0 saturated carbocycles. The van der Waals surface area contributed by atoms with E-state index in [1.165, 1.54) is 11.8 Å². The predicted octanol–water partition coefficient (Wildman–Crippen LogP) is 5.85. The van der Waals surface area contributed by atoms with Crippen LogP contribution in [0.4, 0.5) is 5.69 Å². The molecule has 7 heteroatoms. The van der Waals surface area contributed by atoms with Crippen LogP contribution in [0.5, 0.6) is 0 Å². The van der Waals surface area contributed by atoms with E-state index in [0.29, 0.717) is 22.8 Å². The first-order valence-electron chi connectivity index (χ1n) is 11.4. The van der Waals surface area contributed by atoms with Crippen molar-refractivity contribution < 1.29 is 9.21 Å². The van der Waals surface area contributed by atoms with Crippen molar-refractivity contribution in [1.82, 2.24) is 9.55 Å². The molecule has 0 aliphatic heterocycles. The molecule has 3 aromatic carbocycles. The van der Waals surface area contributed by atoms with Gasteiger partial charge in [0.25, 0.3) is 5.56 Å². The van der Waals surface area contributed by atoms with E-state index < -0.39 is 0 Å². The van der Waals surface area contributed by atoms with Crippen molar-refractivity contribution in [3.63, 3.8) is 0 Å². The molecule has 0 fully saturated rings. The zero-order valence-corrected chi connectivity index (χ0v) is 20.6. The zero-order chi connectivity index (χ0) is 24.5. The quantitative estimate of drug-likeness (QED) is 0.242. The summed E-state index contributed by atoms with van der Waals surface area (Å²) in [7, 11) is 0. The molecule has 5 rings (SSSR count). The number of carbonyl (C=O) groups excluding carboxylic acids is 1. The minimum Gasteiger partial charge on any atom is -0.448 e. The number of nitrogens with one attached hydrogen (secondary N) is 1. The van der Waals surface area contributed by atoms with Gasteiger partial charge in [-0.05, 0) is 55.7 Å². The predicted molar refractivity (Wildman–Crippen MR) is 141 cm³/mol. The summed E-state index contributed by atoms with van der Waals surface area (Å²) in [6.07, 6.45) is 0. The molecule has 0 saturated heterocycles. The van der Waals surface area contributed by atoms with E-state index in [1.54, 1.807) is 4.57 Å². The summed E-state index contributed by atoms with van der Waals surface area (Å²) in [6.45, 7) is 6.35. The molecule has 2 heterocycles. The van der Waals surface area contributed by atoms with Gasteiger partial charge in [0.15, 0.2) is 5.16 Å². The third-order valence-electron chi connectivity index (χ3n) is 6.12. The van der Waals surface area contributed by atoms with Crippen LogP contribution in [0, 0.1) is 20.8 Å². The molecule has 0 atom stereocenters. The van der Waals surface area contributed by atoms with Gasteiger partial charge in [-0.15, -0.1) is 0 Å². The average Bonchev–Trinajstić information content (AvgIpc) is 3.23. The fourth-order valence-electron chi connectivity index (χ4n) is 3.98. The van der Waals surface area contributed by atoms with Crippen LogP contribution in [0.15, 0.2) is 81.1 Å². The normalized spacial score (nSPS) is 11.3. The number of nitrogens with zero attached hydrogens (tertiary/aromatic N) is 2. The third kappa shape index (κ3) is 4.59. The van der Waals surface area contributed by atoms with Crippen LogP contribution < -0.4 is 10.9 Å². The zero-order valence-electron chi connectivity index (χ0n) is 19.8. The van der Waals surface area contributed by atoms with Crippen LogP contribution in [0.3, 0.4) is 0 Å². The van der Waals surface area contributed by atoms with Crippen LogP contribution in [-0.4, -0.2) is 21.2 Å². The van der Waals surface area contributed by atoms with Crippen LogP contribution in [-0.2, 0) is 11.3 Å². The minimum atomic E-state index is -0.260. The van der Waals surface area contributed by atoms with Gasteiger partial charge in [-0.2, -0.15) is 0 Å². The highest BCUT2D eigenvalue weighted by Crippen LogP contribution is 2.28. The van der Waals surface area contributed by atoms with E-state index in [4.69, 9.17) is 9.40 Å². The van der Waals surface area contributed by atoms with Crippen LogP contribution >= 0.6 is 11.8 Å². The Bertz CT molecular complexity index is 1620. The molecular weight excluding hydrogens is 458 g/mol. The number of para-hydroxylation sites is 1. The number of amides is 1. The number of aryl methyl sites for hydroxylation is 2. The van der Waals surface area contributed by atoms with Crippen molar-refractivity contribution in [2.45, 2.75) is 32.5 Å². The van der Waals surface area contributed by atoms with E-state index >= 15 is 0 Å². The molecule has 176 valence electrons. The molecule has 6 nitrogen and oxygen atoms in total. The van der Waals surface area contributed by atoms with Crippen LogP contribution in [0.25, 0.3) is 22.1 Å². The Balaban J connectivity index is 1.51. The number of fused-ring (bicyclic) bond motifs is 3. The first-order valence-corrected chi connectivity index (χ1v) is 12.4. The fourth-order valence-corrected chi connectivity index (χ4v) is 4.77. The molecule has 0 unspecified atom stereocenters. The molecule has 2 aromatic heterocycles. The van der Waals surface area contributed by atoms with Gasteiger partial charge >= 0.3 is 0 Å². The second-order valence-corrected chi connectivity index (χ2v) is 9.57. The summed E-state index contributed by atoms with van der Waals surface area (Å²) < 4.78 is 7.47. The van der Waals surface area contributed by atoms with E-state index in [9.17, 15) is 9.59 Å². The molecule has 5 aromatic rings. The van der Waals surface area contributed by atoms with Gasteiger partial charge in [-0.3, -0.25) is 14.2 Å². The summed E-state index contributed by atoms with van der Waals surface area (Å²) in [5.74, 6) is -0.0355. The second kappa shape index (κ2) is 9.43. The van der Waals surface area contributed by atoms with Gasteiger partial charge in [0.05, 0.1) is 12.3 Å². The summed E-state index contributed by atoms with van der Waals surface area (Å²) >= 11 is 1.25. The fraction of sp³-hybridized carbons (Fsp3) is 0.179. The number of furan rings is 1. The molecule has 0 aliphatic rings. The minimum absolute atomic E-state index is 0.120. The number of aromatic nitrogens is 2. The van der Waals surface area contributed by atoms with Crippen molar-refractivity contribution in [3.8, 4) is 0 Å². The maximum Gasteiger partial charge on any atom is 0.298 e. The largest absolute Gasteiger partial charge is 0.448 e. The standard InChI is InChI=1S/C28H25N3O3S/c1-17-11-13-20(14-12-17)15-31-27(33)26-25(21-8-4-5-10-23(21)34-26)30-28(31)35-16-24(32)29-22-9-6-7-18(2)19(22)3/h4-14H,15-16H2,1-3H3,(H,29,32). The molecule has 1 N–H and O–H groups in total. The SMILES string of the molecule is Cc1ccc(Cn2c(SCC(=O)Nc3cccc(C)c3C)nc3c(oc4ccccc43)c2=O)cc1. The summed E-state index contributed by atoms with van der Waals surface area (Å²) in [5, 5.41) is 4.24. The highest BCUT2D eigenvalue weighted by Gasteiger charge is 2.19. The van der Waals surface area contributed by atoms with Gasteiger partial charge < -0.3 is 9.73 Å². The Labute approximate surface area is 207 Å². The Kier molecular flexibility index (Phi) is 6.17. The van der Waals surface area contributed by atoms with Crippen molar-refractivity contribution in [2.24, 2.45) is 0 Å². The molecule has 0 bridgehead atoms. The Hall–Kier alpha value is -3.84. The number of benzene rings is 3. The Morgan fingerprint density at radius 1 is 1.00 bits per heavy atom. The maximum absolute atomic E-state index is 13.5. The van der Waals surface area contributed by atoms with Crippen molar-refractivity contribution in [3.05, 3.63) is 99.3 Å². The lowest BCUT2D eigenvalue weighted by Gasteiger charge is -2.13. The first-order chi connectivity index (χ1) is 16.9. The first kappa shape index (κ1) is 22.9. The van der Waals surface area contributed by atoms with Crippen molar-refractivity contribution in [1.29, 1.82) is 0 Å². The number of thioether (sulfide) groups is 1. The molecule has 0 radical (unpaired) electrons. The Morgan fingerprint density at radius 3 is 2.57 bits per heavy atom. The lowest BCUT2D eigenvalue weighted by molar-refractivity contribution is -0.113. The summed E-state index contributed by atoms with van der Waals surface area (Å²) in [4.78, 5) is 31.1. The van der Waals surface area contributed by atoms with Crippen LogP contribution in [0.1, 0.15) is 22.3 Å². The number of hydrogen-bond donors (Lipinski definition) is 1. The molecule has 0 aliphatic carbocycles. The topological polar surface area (TPSA) is 77.1 Å². The van der Waals surface area contributed by atoms with Gasteiger partial charge in [-0.25, -0.2) is 4.98 Å². The summed E-state index contributed by atoms with van der Waals surface area (Å²) in [6, 6.07) is 21.3. The van der Waals surface area contributed by atoms with Gasteiger partial charge in [0.2, 0.25) is 11.5 Å². The molecule has 1 amide bonds. The van der Waals surface area contributed by atoms with E-state index in [-0.39, 0.29) is 22.8 Å². The van der Waals surface area contributed by atoms with Crippen molar-refractivity contribution in [2.75, 3.05) is 11.1 Å². The van der Waals surface area contributed by atoms with E-state index in [2.05, 4.69) is 5.32 Å². The third-order valence-corrected chi connectivity index (χ3v) is 7.10.